The van der Waals surface area contributed by atoms with Gasteiger partial charge in [-0.2, -0.15) is 0 Å². The van der Waals surface area contributed by atoms with Gasteiger partial charge in [0.2, 0.25) is 5.91 Å². The molecule has 0 bridgehead atoms. The normalized spacial score (nSPS) is 21.1. The minimum atomic E-state index is -0.669. The van der Waals surface area contributed by atoms with E-state index in [0.29, 0.717) is 6.42 Å². The lowest BCUT2D eigenvalue weighted by Crippen LogP contribution is -2.47. The van der Waals surface area contributed by atoms with Crippen molar-refractivity contribution in [3.8, 4) is 0 Å². The van der Waals surface area contributed by atoms with E-state index in [1.165, 1.54) is 4.90 Å². The number of nitrogens with zero attached hydrogens (tertiary/aromatic N) is 1. The molecule has 1 atom stereocenters. The van der Waals surface area contributed by atoms with Crippen LogP contribution in [0, 0.1) is 5.92 Å². The Morgan fingerprint density at radius 1 is 1.30 bits per heavy atom. The highest BCUT2D eigenvalue weighted by Gasteiger charge is 2.50. The van der Waals surface area contributed by atoms with Crippen LogP contribution in [-0.4, -0.2) is 28.5 Å². The number of benzene rings is 1. The Morgan fingerprint density at radius 3 is 2.45 bits per heavy atom. The standard InChI is InChI=1S/C16H21NO3/c1-11(2)14(18)17-13(16(3,4)20-15(17)19)10-12-8-6-5-7-9-12/h5-9,11,13H,10H2,1-4H3/t13-/m1/s1. The molecule has 0 unspecified atom stereocenters. The molecular weight excluding hydrogens is 254 g/mol. The predicted octanol–water partition coefficient (Wildman–Crippen LogP) is 3.01. The number of amides is 2. The second kappa shape index (κ2) is 5.27. The van der Waals surface area contributed by atoms with Gasteiger partial charge in [-0.25, -0.2) is 9.69 Å². The number of ether oxygens (including phenoxy) is 1. The highest BCUT2D eigenvalue weighted by Crippen LogP contribution is 2.32. The number of rotatable bonds is 3. The average Bonchev–Trinajstić information content (AvgIpc) is 2.59. The van der Waals surface area contributed by atoms with Gasteiger partial charge in [0.25, 0.3) is 0 Å². The quantitative estimate of drug-likeness (QED) is 0.852. The summed E-state index contributed by atoms with van der Waals surface area (Å²) in [5, 5.41) is 0. The molecule has 0 saturated carbocycles. The number of hydrogen-bond donors (Lipinski definition) is 0. The van der Waals surface area contributed by atoms with E-state index in [1.807, 2.05) is 44.2 Å². The van der Waals surface area contributed by atoms with Crippen molar-refractivity contribution in [1.82, 2.24) is 4.90 Å². The van der Waals surface area contributed by atoms with Crippen LogP contribution in [0.5, 0.6) is 0 Å². The fourth-order valence-corrected chi connectivity index (χ4v) is 2.48. The summed E-state index contributed by atoms with van der Waals surface area (Å²) < 4.78 is 5.38. The van der Waals surface area contributed by atoms with Gasteiger partial charge in [-0.1, -0.05) is 44.2 Å². The molecule has 4 nitrogen and oxygen atoms in total. The van der Waals surface area contributed by atoms with E-state index in [-0.39, 0.29) is 17.9 Å². The maximum absolute atomic E-state index is 12.3. The van der Waals surface area contributed by atoms with Gasteiger partial charge in [0.05, 0.1) is 6.04 Å². The second-order valence-electron chi connectivity index (χ2n) is 6.04. The number of hydrogen-bond acceptors (Lipinski definition) is 3. The molecule has 1 fully saturated rings. The van der Waals surface area contributed by atoms with Gasteiger partial charge in [-0.3, -0.25) is 4.79 Å². The Hall–Kier alpha value is -1.84. The lowest BCUT2D eigenvalue weighted by atomic mass is 9.91. The molecule has 1 aliphatic rings. The molecule has 0 spiro atoms. The van der Waals surface area contributed by atoms with Gasteiger partial charge in [-0.05, 0) is 25.8 Å². The highest BCUT2D eigenvalue weighted by atomic mass is 16.6. The van der Waals surface area contributed by atoms with Crippen molar-refractivity contribution in [1.29, 1.82) is 0 Å². The van der Waals surface area contributed by atoms with Gasteiger partial charge in [-0.15, -0.1) is 0 Å². The average molecular weight is 275 g/mol. The molecule has 2 amide bonds. The maximum Gasteiger partial charge on any atom is 0.417 e. The molecule has 4 heteroatoms. The molecule has 108 valence electrons. The summed E-state index contributed by atoms with van der Waals surface area (Å²) >= 11 is 0. The molecule has 1 saturated heterocycles. The topological polar surface area (TPSA) is 46.6 Å². The van der Waals surface area contributed by atoms with Crippen molar-refractivity contribution in [3.63, 3.8) is 0 Å². The zero-order chi connectivity index (χ0) is 14.9. The van der Waals surface area contributed by atoms with Crippen LogP contribution in [0.15, 0.2) is 30.3 Å². The van der Waals surface area contributed by atoms with E-state index in [2.05, 4.69) is 0 Å². The zero-order valence-corrected chi connectivity index (χ0v) is 12.4. The Morgan fingerprint density at radius 2 is 1.90 bits per heavy atom. The van der Waals surface area contributed by atoms with Crippen LogP contribution < -0.4 is 0 Å². The minimum absolute atomic E-state index is 0.179. The fourth-order valence-electron chi connectivity index (χ4n) is 2.48. The molecule has 1 aliphatic heterocycles. The van der Waals surface area contributed by atoms with E-state index in [0.717, 1.165) is 5.56 Å². The van der Waals surface area contributed by atoms with Gasteiger partial charge in [0, 0.05) is 5.92 Å². The van der Waals surface area contributed by atoms with Crippen LogP contribution in [0.3, 0.4) is 0 Å². The van der Waals surface area contributed by atoms with E-state index in [4.69, 9.17) is 4.74 Å². The first-order chi connectivity index (χ1) is 9.33. The number of carbonyl (C=O) groups is 2. The summed E-state index contributed by atoms with van der Waals surface area (Å²) in [5.41, 5.74) is 0.419. The monoisotopic (exact) mass is 275 g/mol. The van der Waals surface area contributed by atoms with Gasteiger partial charge < -0.3 is 4.74 Å². The Balaban J connectivity index is 2.30. The molecule has 1 aromatic rings. The lowest BCUT2D eigenvalue weighted by molar-refractivity contribution is -0.132. The van der Waals surface area contributed by atoms with Crippen LogP contribution >= 0.6 is 0 Å². The van der Waals surface area contributed by atoms with Crippen LogP contribution in [0.2, 0.25) is 0 Å². The van der Waals surface area contributed by atoms with Crippen molar-refractivity contribution in [3.05, 3.63) is 35.9 Å². The molecule has 1 aromatic carbocycles. The summed E-state index contributed by atoms with van der Waals surface area (Å²) in [6.07, 6.45) is 0.0764. The number of imide groups is 1. The van der Waals surface area contributed by atoms with E-state index >= 15 is 0 Å². The van der Waals surface area contributed by atoms with E-state index in [9.17, 15) is 9.59 Å². The summed E-state index contributed by atoms with van der Waals surface area (Å²) in [7, 11) is 0. The SMILES string of the molecule is CC(C)C(=O)N1C(=O)OC(C)(C)[C@H]1Cc1ccccc1. The van der Waals surface area contributed by atoms with Crippen molar-refractivity contribution in [2.24, 2.45) is 5.92 Å². The smallest absolute Gasteiger partial charge is 0.417 e. The summed E-state index contributed by atoms with van der Waals surface area (Å²) in [6.45, 7) is 7.29. The Bertz CT molecular complexity index is 508. The largest absolute Gasteiger partial charge is 0.441 e. The summed E-state index contributed by atoms with van der Waals surface area (Å²) in [4.78, 5) is 25.6. The highest BCUT2D eigenvalue weighted by molar-refractivity contribution is 5.95. The van der Waals surface area contributed by atoms with Crippen molar-refractivity contribution >= 4 is 12.0 Å². The third-order valence-electron chi connectivity index (χ3n) is 3.66. The lowest BCUT2D eigenvalue weighted by Gasteiger charge is -2.28. The second-order valence-corrected chi connectivity index (χ2v) is 6.04. The predicted molar refractivity (Wildman–Crippen MR) is 76.2 cm³/mol. The van der Waals surface area contributed by atoms with Gasteiger partial charge in [0.15, 0.2) is 0 Å². The fraction of sp³-hybridized carbons (Fsp3) is 0.500. The minimum Gasteiger partial charge on any atom is -0.441 e. The van der Waals surface area contributed by atoms with E-state index < -0.39 is 11.7 Å². The molecule has 0 radical (unpaired) electrons. The molecule has 0 N–H and O–H groups in total. The molecule has 20 heavy (non-hydrogen) atoms. The number of carbonyl (C=O) groups excluding carboxylic acids is 2. The van der Waals surface area contributed by atoms with Crippen LogP contribution in [0.1, 0.15) is 33.3 Å². The zero-order valence-electron chi connectivity index (χ0n) is 12.4. The van der Waals surface area contributed by atoms with Gasteiger partial charge >= 0.3 is 6.09 Å². The van der Waals surface area contributed by atoms with Crippen LogP contribution in [0.25, 0.3) is 0 Å². The molecular formula is C16H21NO3. The van der Waals surface area contributed by atoms with Crippen molar-refractivity contribution in [2.45, 2.75) is 45.8 Å². The Kier molecular flexibility index (Phi) is 3.84. The van der Waals surface area contributed by atoms with Crippen molar-refractivity contribution in [2.75, 3.05) is 0 Å². The number of cyclic esters (lactones) is 1. The first-order valence-electron chi connectivity index (χ1n) is 6.93. The maximum atomic E-state index is 12.3. The first-order valence-corrected chi connectivity index (χ1v) is 6.93. The van der Waals surface area contributed by atoms with Crippen molar-refractivity contribution < 1.29 is 14.3 Å². The van der Waals surface area contributed by atoms with Crippen LogP contribution in [0.4, 0.5) is 4.79 Å². The summed E-state index contributed by atoms with van der Waals surface area (Å²) in [6, 6.07) is 9.58. The van der Waals surface area contributed by atoms with E-state index in [1.54, 1.807) is 13.8 Å². The molecule has 1 heterocycles. The van der Waals surface area contributed by atoms with Crippen LogP contribution in [-0.2, 0) is 16.0 Å². The molecule has 0 aliphatic carbocycles. The molecule has 0 aromatic heterocycles. The first kappa shape index (κ1) is 14.6. The third-order valence-corrected chi connectivity index (χ3v) is 3.66. The third kappa shape index (κ3) is 2.69. The Labute approximate surface area is 119 Å². The summed E-state index contributed by atoms with van der Waals surface area (Å²) in [5.74, 6) is -0.406. The molecule has 2 rings (SSSR count). The van der Waals surface area contributed by atoms with Gasteiger partial charge in [0.1, 0.15) is 5.60 Å².